The Balaban J connectivity index is 2.14. The number of anilines is 1. The zero-order valence-electron chi connectivity index (χ0n) is 10.3. The lowest BCUT2D eigenvalue weighted by atomic mass is 10.0. The van der Waals surface area contributed by atoms with Crippen molar-refractivity contribution in [3.05, 3.63) is 28.2 Å². The number of nitrogens with zero attached hydrogens (tertiary/aromatic N) is 1. The third-order valence-corrected chi connectivity index (χ3v) is 4.30. The number of alkyl halides is 1. The van der Waals surface area contributed by atoms with Gasteiger partial charge in [-0.1, -0.05) is 35.3 Å². The Labute approximate surface area is 117 Å². The average molecular weight is 317 g/mol. The molecule has 2 rings (SSSR count). The van der Waals surface area contributed by atoms with Gasteiger partial charge in [-0.15, -0.1) is 11.6 Å². The van der Waals surface area contributed by atoms with Crippen molar-refractivity contribution in [2.75, 3.05) is 18.0 Å². The van der Waals surface area contributed by atoms with Crippen LogP contribution in [0.1, 0.15) is 31.7 Å². The van der Waals surface area contributed by atoms with Crippen molar-refractivity contribution in [1.82, 2.24) is 0 Å². The molecule has 1 aliphatic rings. The van der Waals surface area contributed by atoms with Crippen molar-refractivity contribution in [3.8, 4) is 0 Å². The van der Waals surface area contributed by atoms with Crippen molar-refractivity contribution in [2.45, 2.75) is 32.1 Å². The molecule has 1 aliphatic heterocycles. The summed E-state index contributed by atoms with van der Waals surface area (Å²) in [6.45, 7) is 4.63. The zero-order valence-corrected chi connectivity index (χ0v) is 12.6. The van der Waals surface area contributed by atoms with Crippen LogP contribution in [0.15, 0.2) is 22.7 Å². The first-order valence-corrected chi connectivity index (χ1v) is 7.66. The van der Waals surface area contributed by atoms with Gasteiger partial charge >= 0.3 is 0 Å². The van der Waals surface area contributed by atoms with E-state index in [9.17, 15) is 0 Å². The molecular weight excluding hydrogens is 298 g/mol. The summed E-state index contributed by atoms with van der Waals surface area (Å²) in [7, 11) is 0. The lowest BCUT2D eigenvalue weighted by Gasteiger charge is -2.22. The van der Waals surface area contributed by atoms with E-state index in [-0.39, 0.29) is 0 Å². The average Bonchev–Trinajstić information content (AvgIpc) is 2.78. The lowest BCUT2D eigenvalue weighted by Crippen LogP contribution is -2.20. The normalized spacial score (nSPS) is 19.9. The quantitative estimate of drug-likeness (QED) is 0.720. The molecule has 1 unspecified atom stereocenters. The Morgan fingerprint density at radius 3 is 3.00 bits per heavy atom. The lowest BCUT2D eigenvalue weighted by molar-refractivity contribution is 0.530. The zero-order chi connectivity index (χ0) is 12.3. The molecule has 3 heteroatoms. The van der Waals surface area contributed by atoms with Gasteiger partial charge in [-0.25, -0.2) is 0 Å². The predicted molar refractivity (Wildman–Crippen MR) is 78.9 cm³/mol. The van der Waals surface area contributed by atoms with Crippen LogP contribution < -0.4 is 4.90 Å². The largest absolute Gasteiger partial charge is 0.371 e. The van der Waals surface area contributed by atoms with Crippen LogP contribution in [0.25, 0.3) is 0 Å². The molecule has 1 aromatic carbocycles. The molecule has 0 bridgehead atoms. The molecule has 0 radical (unpaired) electrons. The van der Waals surface area contributed by atoms with E-state index >= 15 is 0 Å². The fourth-order valence-corrected chi connectivity index (χ4v) is 3.21. The van der Waals surface area contributed by atoms with Crippen molar-refractivity contribution in [2.24, 2.45) is 5.92 Å². The van der Waals surface area contributed by atoms with E-state index in [0.717, 1.165) is 10.4 Å². The van der Waals surface area contributed by atoms with Crippen molar-refractivity contribution >= 4 is 33.2 Å². The van der Waals surface area contributed by atoms with Crippen molar-refractivity contribution < 1.29 is 0 Å². The number of hydrogen-bond donors (Lipinski definition) is 0. The second-order valence-electron chi connectivity index (χ2n) is 4.80. The van der Waals surface area contributed by atoms with Crippen molar-refractivity contribution in [3.63, 3.8) is 0 Å². The first-order valence-electron chi connectivity index (χ1n) is 6.34. The molecule has 17 heavy (non-hydrogen) atoms. The van der Waals surface area contributed by atoms with Crippen LogP contribution >= 0.6 is 27.5 Å². The van der Waals surface area contributed by atoms with Crippen LogP contribution in [-0.4, -0.2) is 13.1 Å². The molecule has 0 N–H and O–H groups in total. The van der Waals surface area contributed by atoms with E-state index in [0.29, 0.717) is 5.88 Å². The van der Waals surface area contributed by atoms with Gasteiger partial charge in [0.25, 0.3) is 0 Å². The predicted octanol–water partition coefficient (Wildman–Crippen LogP) is 4.81. The van der Waals surface area contributed by atoms with Crippen LogP contribution in [0.4, 0.5) is 5.69 Å². The fourth-order valence-electron chi connectivity index (χ4n) is 2.64. The van der Waals surface area contributed by atoms with E-state index in [1.165, 1.54) is 43.6 Å². The van der Waals surface area contributed by atoms with E-state index in [4.69, 9.17) is 11.6 Å². The van der Waals surface area contributed by atoms with Crippen LogP contribution in [0.3, 0.4) is 0 Å². The van der Waals surface area contributed by atoms with E-state index in [1.807, 2.05) is 0 Å². The van der Waals surface area contributed by atoms with Crippen molar-refractivity contribution in [1.29, 1.82) is 0 Å². The summed E-state index contributed by atoms with van der Waals surface area (Å²) >= 11 is 9.57. The minimum Gasteiger partial charge on any atom is -0.371 e. The first-order chi connectivity index (χ1) is 8.24. The second-order valence-corrected chi connectivity index (χ2v) is 5.98. The first kappa shape index (κ1) is 13.2. The fraction of sp³-hybridized carbons (Fsp3) is 0.571. The summed E-state index contributed by atoms with van der Waals surface area (Å²) in [6, 6.07) is 6.40. The molecule has 94 valence electrons. The van der Waals surface area contributed by atoms with Gasteiger partial charge in [0.05, 0.1) is 0 Å². The summed E-state index contributed by atoms with van der Waals surface area (Å²) in [5.41, 5.74) is 2.56. The molecule has 1 atom stereocenters. The molecule has 0 amide bonds. The maximum atomic E-state index is 6.02. The summed E-state index contributed by atoms with van der Waals surface area (Å²) in [6.07, 6.45) is 3.96. The smallest absolute Gasteiger partial charge is 0.0494 e. The van der Waals surface area contributed by atoms with Crippen LogP contribution in [0.2, 0.25) is 0 Å². The Morgan fingerprint density at radius 2 is 2.29 bits per heavy atom. The second kappa shape index (κ2) is 6.10. The van der Waals surface area contributed by atoms with E-state index in [2.05, 4.69) is 46.0 Å². The van der Waals surface area contributed by atoms with Gasteiger partial charge in [0.15, 0.2) is 0 Å². The Morgan fingerprint density at radius 1 is 1.47 bits per heavy atom. The number of halogens is 2. The van der Waals surface area contributed by atoms with Gasteiger partial charge in [0.2, 0.25) is 0 Å². The van der Waals surface area contributed by atoms with E-state index < -0.39 is 0 Å². The summed E-state index contributed by atoms with van der Waals surface area (Å²) in [5, 5.41) is 0. The highest BCUT2D eigenvalue weighted by Gasteiger charge is 2.23. The molecule has 1 heterocycles. The molecule has 1 aromatic rings. The van der Waals surface area contributed by atoms with Crippen LogP contribution in [0.5, 0.6) is 0 Å². The molecule has 1 fully saturated rings. The standard InChI is InChI=1S/C14H19BrClN/c1-2-3-11-6-7-17(10-11)14-8-13(15)5-4-12(14)9-16/h4-5,8,11H,2-3,6-7,9-10H2,1H3. The molecule has 1 saturated heterocycles. The molecule has 1 nitrogen and oxygen atoms in total. The summed E-state index contributed by atoms with van der Waals surface area (Å²) in [5.74, 6) is 1.46. The summed E-state index contributed by atoms with van der Waals surface area (Å²) in [4.78, 5) is 2.49. The highest BCUT2D eigenvalue weighted by Crippen LogP contribution is 2.32. The molecule has 0 spiro atoms. The summed E-state index contributed by atoms with van der Waals surface area (Å²) < 4.78 is 1.14. The molecule has 0 saturated carbocycles. The van der Waals surface area contributed by atoms with Crippen LogP contribution in [-0.2, 0) is 5.88 Å². The number of benzene rings is 1. The minimum absolute atomic E-state index is 0.595. The van der Waals surface area contributed by atoms with E-state index in [1.54, 1.807) is 0 Å². The van der Waals surface area contributed by atoms with Gasteiger partial charge in [0, 0.05) is 29.1 Å². The Hall–Kier alpha value is -0.210. The highest BCUT2D eigenvalue weighted by atomic mass is 79.9. The maximum absolute atomic E-state index is 6.02. The third-order valence-electron chi connectivity index (χ3n) is 3.51. The molecule has 0 aliphatic carbocycles. The third kappa shape index (κ3) is 3.17. The Bertz CT molecular complexity index is 380. The molecule has 0 aromatic heterocycles. The molecular formula is C14H19BrClN. The Kier molecular flexibility index (Phi) is 4.75. The minimum atomic E-state index is 0.595. The monoisotopic (exact) mass is 315 g/mol. The number of rotatable bonds is 4. The number of hydrogen-bond acceptors (Lipinski definition) is 1. The highest BCUT2D eigenvalue weighted by molar-refractivity contribution is 9.10. The van der Waals surface area contributed by atoms with Gasteiger partial charge in [-0.3, -0.25) is 0 Å². The van der Waals surface area contributed by atoms with Crippen LogP contribution in [0, 0.1) is 5.92 Å². The maximum Gasteiger partial charge on any atom is 0.0494 e. The van der Waals surface area contributed by atoms with Gasteiger partial charge in [-0.05, 0) is 36.5 Å². The van der Waals surface area contributed by atoms with Gasteiger partial charge in [-0.2, -0.15) is 0 Å². The topological polar surface area (TPSA) is 3.24 Å². The van der Waals surface area contributed by atoms with Gasteiger partial charge < -0.3 is 4.90 Å². The SMILES string of the molecule is CCCC1CCN(c2cc(Br)ccc2CCl)C1. The van der Waals surface area contributed by atoms with Gasteiger partial charge in [0.1, 0.15) is 0 Å².